The van der Waals surface area contributed by atoms with Gasteiger partial charge in [0.1, 0.15) is 0 Å². The fraction of sp³-hybridized carbons (Fsp3) is 0.263. The van der Waals surface area contributed by atoms with Crippen LogP contribution in [-0.2, 0) is 4.79 Å². The van der Waals surface area contributed by atoms with Gasteiger partial charge in [0.05, 0.1) is 26.9 Å². The minimum absolute atomic E-state index is 0.0713. The van der Waals surface area contributed by atoms with Gasteiger partial charge in [-0.25, -0.2) is 4.39 Å². The van der Waals surface area contributed by atoms with Gasteiger partial charge in [-0.3, -0.25) is 20.4 Å². The van der Waals surface area contributed by atoms with Crippen LogP contribution in [0.2, 0.25) is 0 Å². The molecular formula is C19H21FN2O6. The summed E-state index contributed by atoms with van der Waals surface area (Å²) in [7, 11) is 4.23. The maximum atomic E-state index is 13.6. The number of para-hydroxylation sites is 1. The Kier molecular flexibility index (Phi) is 7.02. The first-order valence-electron chi connectivity index (χ1n) is 8.23. The molecule has 2 aromatic carbocycles. The van der Waals surface area contributed by atoms with Crippen LogP contribution in [0.25, 0.3) is 0 Å². The van der Waals surface area contributed by atoms with E-state index in [-0.39, 0.29) is 22.8 Å². The summed E-state index contributed by atoms with van der Waals surface area (Å²) in [6, 6.07) is 8.68. The van der Waals surface area contributed by atoms with Gasteiger partial charge in [-0.2, -0.15) is 0 Å². The highest BCUT2D eigenvalue weighted by Gasteiger charge is 2.22. The average molecular weight is 392 g/mol. The Morgan fingerprint density at radius 1 is 0.893 bits per heavy atom. The van der Waals surface area contributed by atoms with Crippen molar-refractivity contribution >= 4 is 11.8 Å². The minimum Gasteiger partial charge on any atom is -0.493 e. The summed E-state index contributed by atoms with van der Waals surface area (Å²) >= 11 is 0. The van der Waals surface area contributed by atoms with Crippen molar-refractivity contribution in [3.8, 4) is 23.0 Å². The molecule has 0 aliphatic carbocycles. The molecule has 9 heteroatoms. The molecular weight excluding hydrogens is 371 g/mol. The fourth-order valence-electron chi connectivity index (χ4n) is 2.35. The summed E-state index contributed by atoms with van der Waals surface area (Å²) in [6.07, 6.45) is -1.05. The van der Waals surface area contributed by atoms with E-state index in [4.69, 9.17) is 18.9 Å². The molecule has 0 heterocycles. The third-order valence-corrected chi connectivity index (χ3v) is 3.76. The van der Waals surface area contributed by atoms with Gasteiger partial charge >= 0.3 is 0 Å². The maximum Gasteiger partial charge on any atom is 0.279 e. The maximum absolute atomic E-state index is 13.6. The van der Waals surface area contributed by atoms with Crippen LogP contribution in [0.1, 0.15) is 17.3 Å². The lowest BCUT2D eigenvalue weighted by Gasteiger charge is -2.17. The number of carbonyl (C=O) groups is 2. The van der Waals surface area contributed by atoms with E-state index in [1.54, 1.807) is 6.07 Å². The Morgan fingerprint density at radius 2 is 1.57 bits per heavy atom. The standard InChI is InChI=1S/C19H21FN2O6/c1-11(28-14-8-6-5-7-13(14)20)18(23)21-22-19(24)12-9-10-15(25-2)17(27-4)16(12)26-3/h5-11H,1-4H3,(H,21,23)(H,22,24)/t11-/m0/s1. The number of methoxy groups -OCH3 is 3. The highest BCUT2D eigenvalue weighted by Crippen LogP contribution is 2.39. The highest BCUT2D eigenvalue weighted by atomic mass is 19.1. The second kappa shape index (κ2) is 9.45. The van der Waals surface area contributed by atoms with Crippen LogP contribution in [0, 0.1) is 5.82 Å². The van der Waals surface area contributed by atoms with E-state index in [2.05, 4.69) is 10.9 Å². The first-order chi connectivity index (χ1) is 13.4. The molecule has 0 bridgehead atoms. The summed E-state index contributed by atoms with van der Waals surface area (Å²) in [6.45, 7) is 1.42. The van der Waals surface area contributed by atoms with Gasteiger partial charge in [0.15, 0.2) is 29.2 Å². The van der Waals surface area contributed by atoms with Crippen LogP contribution < -0.4 is 29.8 Å². The molecule has 150 valence electrons. The molecule has 1 atom stereocenters. The van der Waals surface area contributed by atoms with Gasteiger partial charge in [-0.15, -0.1) is 0 Å². The number of carbonyl (C=O) groups excluding carboxylic acids is 2. The molecule has 0 spiro atoms. The smallest absolute Gasteiger partial charge is 0.279 e. The predicted octanol–water partition coefficient (Wildman–Crippen LogP) is 2.08. The zero-order valence-corrected chi connectivity index (χ0v) is 15.9. The molecule has 0 unspecified atom stereocenters. The van der Waals surface area contributed by atoms with Crippen LogP contribution in [0.3, 0.4) is 0 Å². The predicted molar refractivity (Wildman–Crippen MR) is 98.2 cm³/mol. The van der Waals surface area contributed by atoms with Crippen molar-refractivity contribution in [3.63, 3.8) is 0 Å². The second-order valence-electron chi connectivity index (χ2n) is 5.52. The van der Waals surface area contributed by atoms with Gasteiger partial charge in [0, 0.05) is 0 Å². The molecule has 2 aromatic rings. The summed E-state index contributed by atoms with van der Waals surface area (Å²) < 4.78 is 34.5. The molecule has 0 aliphatic heterocycles. The Balaban J connectivity index is 2.05. The molecule has 0 saturated heterocycles. The zero-order valence-electron chi connectivity index (χ0n) is 15.9. The molecule has 8 nitrogen and oxygen atoms in total. The van der Waals surface area contributed by atoms with Gasteiger partial charge < -0.3 is 18.9 Å². The normalized spacial score (nSPS) is 11.2. The minimum atomic E-state index is -1.05. The lowest BCUT2D eigenvalue weighted by Crippen LogP contribution is -2.47. The summed E-state index contributed by atoms with van der Waals surface area (Å²) in [5.74, 6) is -1.23. The van der Waals surface area contributed by atoms with Crippen molar-refractivity contribution in [3.05, 3.63) is 47.8 Å². The molecule has 28 heavy (non-hydrogen) atoms. The summed E-state index contributed by atoms with van der Waals surface area (Å²) in [5.41, 5.74) is 4.59. The van der Waals surface area contributed by atoms with Crippen LogP contribution in [0.15, 0.2) is 36.4 Å². The van der Waals surface area contributed by atoms with Crippen LogP contribution in [-0.4, -0.2) is 39.2 Å². The van der Waals surface area contributed by atoms with Crippen LogP contribution in [0.4, 0.5) is 4.39 Å². The van der Waals surface area contributed by atoms with E-state index in [1.165, 1.54) is 58.6 Å². The van der Waals surface area contributed by atoms with Crippen LogP contribution >= 0.6 is 0 Å². The number of benzene rings is 2. The number of rotatable bonds is 7. The van der Waals surface area contributed by atoms with Gasteiger partial charge in [-0.05, 0) is 31.2 Å². The summed E-state index contributed by atoms with van der Waals surface area (Å²) in [5, 5.41) is 0. The molecule has 0 fully saturated rings. The van der Waals surface area contributed by atoms with E-state index in [9.17, 15) is 14.0 Å². The number of hydrogen-bond donors (Lipinski definition) is 2. The third kappa shape index (κ3) is 4.61. The van der Waals surface area contributed by atoms with Crippen molar-refractivity contribution in [2.24, 2.45) is 0 Å². The van der Waals surface area contributed by atoms with Crippen molar-refractivity contribution in [2.75, 3.05) is 21.3 Å². The van der Waals surface area contributed by atoms with Gasteiger partial charge in [-0.1, -0.05) is 12.1 Å². The molecule has 2 N–H and O–H groups in total. The highest BCUT2D eigenvalue weighted by molar-refractivity contribution is 5.99. The first kappa shape index (κ1) is 20.8. The Morgan fingerprint density at radius 3 is 2.18 bits per heavy atom. The third-order valence-electron chi connectivity index (χ3n) is 3.76. The number of halogens is 1. The Labute approximate surface area is 161 Å². The first-order valence-corrected chi connectivity index (χ1v) is 8.23. The van der Waals surface area contributed by atoms with Crippen molar-refractivity contribution in [1.29, 1.82) is 0 Å². The SMILES string of the molecule is COc1ccc(C(=O)NNC(=O)[C@H](C)Oc2ccccc2F)c(OC)c1OC. The lowest BCUT2D eigenvalue weighted by atomic mass is 10.1. The molecule has 0 aliphatic rings. The number of amides is 2. The van der Waals surface area contributed by atoms with Gasteiger partial charge in [0.2, 0.25) is 5.75 Å². The molecule has 0 saturated carbocycles. The van der Waals surface area contributed by atoms with Crippen molar-refractivity contribution < 1.29 is 32.9 Å². The molecule has 0 aromatic heterocycles. The Hall–Kier alpha value is -3.49. The average Bonchev–Trinajstić information content (AvgIpc) is 2.71. The Bertz CT molecular complexity index is 858. The van der Waals surface area contributed by atoms with Crippen molar-refractivity contribution in [1.82, 2.24) is 10.9 Å². The zero-order chi connectivity index (χ0) is 20.7. The fourth-order valence-corrected chi connectivity index (χ4v) is 2.35. The summed E-state index contributed by atoms with van der Waals surface area (Å²) in [4.78, 5) is 24.6. The van der Waals surface area contributed by atoms with E-state index in [0.29, 0.717) is 5.75 Å². The van der Waals surface area contributed by atoms with E-state index in [0.717, 1.165) is 0 Å². The quantitative estimate of drug-likeness (QED) is 0.701. The monoisotopic (exact) mass is 392 g/mol. The topological polar surface area (TPSA) is 95.1 Å². The molecule has 0 radical (unpaired) electrons. The van der Waals surface area contributed by atoms with E-state index < -0.39 is 23.7 Å². The number of hydrazine groups is 1. The largest absolute Gasteiger partial charge is 0.493 e. The number of hydrogen-bond acceptors (Lipinski definition) is 6. The molecule has 2 rings (SSSR count). The number of ether oxygens (including phenoxy) is 4. The van der Waals surface area contributed by atoms with E-state index in [1.807, 2.05) is 0 Å². The number of nitrogens with one attached hydrogen (secondary N) is 2. The second-order valence-corrected chi connectivity index (χ2v) is 5.52. The lowest BCUT2D eigenvalue weighted by molar-refractivity contribution is -0.128. The van der Waals surface area contributed by atoms with Crippen LogP contribution in [0.5, 0.6) is 23.0 Å². The van der Waals surface area contributed by atoms with Gasteiger partial charge in [0.25, 0.3) is 11.8 Å². The molecule has 2 amide bonds. The van der Waals surface area contributed by atoms with Crippen molar-refractivity contribution in [2.45, 2.75) is 13.0 Å². The van der Waals surface area contributed by atoms with E-state index >= 15 is 0 Å².